The number of benzene rings is 2. The number of hydrogen-bond donors (Lipinski definition) is 2. The van der Waals surface area contributed by atoms with Crippen LogP contribution in [0.25, 0.3) is 10.9 Å². The van der Waals surface area contributed by atoms with Crippen molar-refractivity contribution in [2.24, 2.45) is 0 Å². The number of hydrogen-bond acceptors (Lipinski definition) is 3. The number of fused-ring (bicyclic) bond motifs is 7. The summed E-state index contributed by atoms with van der Waals surface area (Å²) in [6, 6.07) is 15.1. The molecule has 3 aliphatic heterocycles. The predicted molar refractivity (Wildman–Crippen MR) is 112 cm³/mol. The summed E-state index contributed by atoms with van der Waals surface area (Å²) in [7, 11) is 0. The van der Waals surface area contributed by atoms with Gasteiger partial charge in [0, 0.05) is 41.7 Å². The van der Waals surface area contributed by atoms with E-state index >= 15 is 0 Å². The summed E-state index contributed by atoms with van der Waals surface area (Å²) in [5, 5.41) is 4.18. The third kappa shape index (κ3) is 2.53. The molecular weight excluding hydrogens is 378 g/mol. The first-order chi connectivity index (χ1) is 14.7. The lowest BCUT2D eigenvalue weighted by atomic mass is 9.90. The molecule has 6 nitrogen and oxygen atoms in total. The minimum absolute atomic E-state index is 0.0721. The van der Waals surface area contributed by atoms with Gasteiger partial charge in [-0.3, -0.25) is 9.59 Å². The van der Waals surface area contributed by atoms with Crippen molar-refractivity contribution in [3.05, 3.63) is 70.9 Å². The van der Waals surface area contributed by atoms with Gasteiger partial charge in [0.1, 0.15) is 6.04 Å². The van der Waals surface area contributed by atoms with Crippen molar-refractivity contribution in [3.63, 3.8) is 0 Å². The minimum Gasteiger partial charge on any atom is -0.376 e. The molecule has 0 bridgehead atoms. The van der Waals surface area contributed by atoms with E-state index in [1.165, 1.54) is 0 Å². The van der Waals surface area contributed by atoms with Crippen LogP contribution in [-0.4, -0.2) is 47.0 Å². The predicted octanol–water partition coefficient (Wildman–Crippen LogP) is 2.93. The Morgan fingerprint density at radius 1 is 1.17 bits per heavy atom. The molecule has 3 aliphatic rings. The first-order valence-electron chi connectivity index (χ1n) is 10.6. The number of para-hydroxylation sites is 1. The summed E-state index contributed by atoms with van der Waals surface area (Å²) in [6.45, 7) is 1.25. The first kappa shape index (κ1) is 17.7. The second kappa shape index (κ2) is 6.71. The Morgan fingerprint density at radius 3 is 2.87 bits per heavy atom. The number of carbonyl (C=O) groups is 2. The molecule has 0 radical (unpaired) electrons. The van der Waals surface area contributed by atoms with Crippen LogP contribution >= 0.6 is 0 Å². The molecular formula is C24H23N3O3. The van der Waals surface area contributed by atoms with Crippen LogP contribution in [0.2, 0.25) is 0 Å². The van der Waals surface area contributed by atoms with Crippen LogP contribution in [0, 0.1) is 0 Å². The van der Waals surface area contributed by atoms with E-state index in [4.69, 9.17) is 4.74 Å². The Bertz CT molecular complexity index is 1160. The van der Waals surface area contributed by atoms with Gasteiger partial charge in [0.05, 0.1) is 12.1 Å². The highest BCUT2D eigenvalue weighted by Crippen LogP contribution is 2.46. The van der Waals surface area contributed by atoms with Gasteiger partial charge in [0.15, 0.2) is 0 Å². The SMILES string of the molecule is O=C(NC[C@@H]1CCCO1)[C@H]1Cc2c([nH]c3ccccc23)[C@@H]2c3ccccc3C(=O)N21. The molecule has 152 valence electrons. The zero-order valence-corrected chi connectivity index (χ0v) is 16.6. The number of H-pyrrole nitrogens is 1. The average Bonchev–Trinajstić information content (AvgIpc) is 3.49. The summed E-state index contributed by atoms with van der Waals surface area (Å²) < 4.78 is 5.65. The highest BCUT2D eigenvalue weighted by atomic mass is 16.5. The van der Waals surface area contributed by atoms with E-state index in [1.54, 1.807) is 4.90 Å². The number of aromatic nitrogens is 1. The van der Waals surface area contributed by atoms with E-state index in [0.717, 1.165) is 47.2 Å². The summed E-state index contributed by atoms with van der Waals surface area (Å²) in [4.78, 5) is 31.9. The Morgan fingerprint density at radius 2 is 2.00 bits per heavy atom. The lowest BCUT2D eigenvalue weighted by Gasteiger charge is -2.37. The minimum atomic E-state index is -0.539. The molecule has 2 aromatic carbocycles. The van der Waals surface area contributed by atoms with E-state index in [-0.39, 0.29) is 24.0 Å². The van der Waals surface area contributed by atoms with Crippen LogP contribution in [0.5, 0.6) is 0 Å². The van der Waals surface area contributed by atoms with Gasteiger partial charge >= 0.3 is 0 Å². The lowest BCUT2D eigenvalue weighted by molar-refractivity contribution is -0.126. The number of nitrogens with zero attached hydrogens (tertiary/aromatic N) is 1. The van der Waals surface area contributed by atoms with E-state index < -0.39 is 6.04 Å². The maximum absolute atomic E-state index is 13.3. The number of ether oxygens (including phenoxy) is 1. The summed E-state index contributed by atoms with van der Waals surface area (Å²) in [5.74, 6) is -0.176. The van der Waals surface area contributed by atoms with Gasteiger partial charge < -0.3 is 19.9 Å². The Hall–Kier alpha value is -3.12. The Labute approximate surface area is 174 Å². The maximum atomic E-state index is 13.3. The third-order valence-electron chi connectivity index (χ3n) is 6.68. The smallest absolute Gasteiger partial charge is 0.255 e. The second-order valence-electron chi connectivity index (χ2n) is 8.37. The monoisotopic (exact) mass is 401 g/mol. The van der Waals surface area contributed by atoms with Crippen molar-refractivity contribution in [2.45, 2.75) is 37.5 Å². The molecule has 6 rings (SSSR count). The molecule has 6 heteroatoms. The average molecular weight is 401 g/mol. The van der Waals surface area contributed by atoms with Crippen LogP contribution < -0.4 is 5.32 Å². The van der Waals surface area contributed by atoms with Gasteiger partial charge in [0.2, 0.25) is 5.91 Å². The van der Waals surface area contributed by atoms with Crippen LogP contribution in [0.1, 0.15) is 46.1 Å². The van der Waals surface area contributed by atoms with Crippen molar-refractivity contribution in [1.29, 1.82) is 0 Å². The maximum Gasteiger partial charge on any atom is 0.255 e. The highest BCUT2D eigenvalue weighted by Gasteiger charge is 2.48. The Kier molecular flexibility index (Phi) is 3.96. The van der Waals surface area contributed by atoms with E-state index in [2.05, 4.69) is 16.4 Å². The van der Waals surface area contributed by atoms with Gasteiger partial charge in [0.25, 0.3) is 5.91 Å². The first-order valence-corrected chi connectivity index (χ1v) is 10.6. The van der Waals surface area contributed by atoms with Crippen LogP contribution in [0.15, 0.2) is 48.5 Å². The molecule has 2 amide bonds. The molecule has 3 atom stereocenters. The standard InChI is InChI=1S/C24H23N3O3/c28-23(25-13-14-6-5-11-30-14)20-12-18-15-7-3-4-10-19(15)26-21(18)22-16-8-1-2-9-17(16)24(29)27(20)22/h1-4,7-10,14,20,22,26H,5-6,11-13H2,(H,25,28)/t14-,20+,22-/m0/s1. The molecule has 1 saturated heterocycles. The van der Waals surface area contributed by atoms with Crippen LogP contribution in [0.3, 0.4) is 0 Å². The third-order valence-corrected chi connectivity index (χ3v) is 6.68. The lowest BCUT2D eigenvalue weighted by Crippen LogP contribution is -2.53. The van der Waals surface area contributed by atoms with Gasteiger partial charge in [-0.05, 0) is 36.1 Å². The fourth-order valence-corrected chi connectivity index (χ4v) is 5.27. The van der Waals surface area contributed by atoms with Crippen LogP contribution in [0.4, 0.5) is 0 Å². The molecule has 0 spiro atoms. The zero-order chi connectivity index (χ0) is 20.2. The van der Waals surface area contributed by atoms with Crippen LogP contribution in [-0.2, 0) is 16.0 Å². The van der Waals surface area contributed by atoms with Gasteiger partial charge in [-0.15, -0.1) is 0 Å². The fourth-order valence-electron chi connectivity index (χ4n) is 5.27. The normalized spacial score (nSPS) is 24.6. The molecule has 0 aliphatic carbocycles. The van der Waals surface area contributed by atoms with Crippen molar-refractivity contribution in [1.82, 2.24) is 15.2 Å². The molecule has 2 N–H and O–H groups in total. The quantitative estimate of drug-likeness (QED) is 0.709. The molecule has 0 unspecified atom stereocenters. The zero-order valence-electron chi connectivity index (χ0n) is 16.6. The Balaban J connectivity index is 1.43. The fraction of sp³-hybridized carbons (Fsp3) is 0.333. The number of aromatic amines is 1. The highest BCUT2D eigenvalue weighted by molar-refractivity contribution is 6.03. The van der Waals surface area contributed by atoms with Crippen molar-refractivity contribution < 1.29 is 14.3 Å². The molecule has 3 aromatic rings. The number of amides is 2. The van der Waals surface area contributed by atoms with Gasteiger partial charge in [-0.2, -0.15) is 0 Å². The topological polar surface area (TPSA) is 74.4 Å². The van der Waals surface area contributed by atoms with Gasteiger partial charge in [-0.25, -0.2) is 0 Å². The van der Waals surface area contributed by atoms with Gasteiger partial charge in [-0.1, -0.05) is 36.4 Å². The largest absolute Gasteiger partial charge is 0.376 e. The molecule has 1 aromatic heterocycles. The van der Waals surface area contributed by atoms with Crippen molar-refractivity contribution in [3.8, 4) is 0 Å². The summed E-state index contributed by atoms with van der Waals surface area (Å²) in [6.07, 6.45) is 2.58. The molecule has 0 saturated carbocycles. The van der Waals surface area contributed by atoms with E-state index in [9.17, 15) is 9.59 Å². The summed E-state index contributed by atoms with van der Waals surface area (Å²) >= 11 is 0. The van der Waals surface area contributed by atoms with E-state index in [0.29, 0.717) is 18.5 Å². The summed E-state index contributed by atoms with van der Waals surface area (Å²) in [5.41, 5.74) is 4.85. The number of rotatable bonds is 3. The van der Waals surface area contributed by atoms with E-state index in [1.807, 2.05) is 42.5 Å². The van der Waals surface area contributed by atoms with Crippen molar-refractivity contribution >= 4 is 22.7 Å². The van der Waals surface area contributed by atoms with Crippen molar-refractivity contribution in [2.75, 3.05) is 13.2 Å². The number of carbonyl (C=O) groups excluding carboxylic acids is 2. The second-order valence-corrected chi connectivity index (χ2v) is 8.37. The molecule has 1 fully saturated rings. The molecule has 4 heterocycles. The number of nitrogens with one attached hydrogen (secondary N) is 2. The molecule has 30 heavy (non-hydrogen) atoms.